The minimum Gasteiger partial charge on any atom is -0.333 e. The fraction of sp³-hybridized carbons (Fsp3) is 0.312. The lowest BCUT2D eigenvalue weighted by Crippen LogP contribution is -2.38. The summed E-state index contributed by atoms with van der Waals surface area (Å²) in [5.41, 5.74) is 1.86. The Kier molecular flexibility index (Phi) is 4.54. The first kappa shape index (κ1) is 14.8. The quantitative estimate of drug-likeness (QED) is 0.797. The van der Waals surface area contributed by atoms with E-state index in [0.29, 0.717) is 29.0 Å². The lowest BCUT2D eigenvalue weighted by atomic mass is 10.1. The van der Waals surface area contributed by atoms with Crippen LogP contribution in [0, 0.1) is 11.3 Å². The number of nitrogens with one attached hydrogen (secondary N) is 2. The molecule has 1 aromatic heterocycles. The topological polar surface area (TPSA) is 73.1 Å². The van der Waals surface area contributed by atoms with Crippen molar-refractivity contribution in [2.24, 2.45) is 4.99 Å². The van der Waals surface area contributed by atoms with Gasteiger partial charge in [0.1, 0.15) is 11.6 Å². The molecule has 0 unspecified atom stereocenters. The predicted molar refractivity (Wildman–Crippen MR) is 89.6 cm³/mol. The van der Waals surface area contributed by atoms with Crippen LogP contribution in [0.5, 0.6) is 0 Å². The summed E-state index contributed by atoms with van der Waals surface area (Å²) in [6.45, 7) is 0. The van der Waals surface area contributed by atoms with Crippen LogP contribution < -0.4 is 10.6 Å². The van der Waals surface area contributed by atoms with Crippen molar-refractivity contribution < 1.29 is 0 Å². The van der Waals surface area contributed by atoms with Gasteiger partial charge in [0.2, 0.25) is 0 Å². The van der Waals surface area contributed by atoms with Crippen molar-refractivity contribution in [2.75, 3.05) is 0 Å². The second kappa shape index (κ2) is 6.75. The number of halogens is 1. The Morgan fingerprint density at radius 1 is 1.36 bits per heavy atom. The Balaban J connectivity index is 1.88. The molecular weight excluding hydrogens is 342 g/mol. The van der Waals surface area contributed by atoms with Gasteiger partial charge in [-0.2, -0.15) is 5.26 Å². The molecule has 2 heterocycles. The SMILES string of the molecule is N#C/C(=C1\C=CNC(=NC2CCCC2)N1)c1ccc(Br)cn1. The molecule has 22 heavy (non-hydrogen) atoms. The van der Waals surface area contributed by atoms with E-state index in [0.717, 1.165) is 17.3 Å². The van der Waals surface area contributed by atoms with Gasteiger partial charge in [-0.05, 0) is 47.0 Å². The molecule has 5 nitrogen and oxygen atoms in total. The van der Waals surface area contributed by atoms with Crippen LogP contribution in [0.1, 0.15) is 31.4 Å². The second-order valence-corrected chi connectivity index (χ2v) is 6.20. The van der Waals surface area contributed by atoms with Crippen molar-refractivity contribution in [3.63, 3.8) is 0 Å². The molecule has 3 rings (SSSR count). The molecule has 6 heteroatoms. The fourth-order valence-electron chi connectivity index (χ4n) is 2.62. The smallest absolute Gasteiger partial charge is 0.200 e. The third-order valence-corrected chi connectivity index (χ3v) is 4.19. The van der Waals surface area contributed by atoms with Crippen molar-refractivity contribution >= 4 is 27.5 Å². The molecule has 2 aliphatic rings. The van der Waals surface area contributed by atoms with Gasteiger partial charge in [0.05, 0.1) is 17.4 Å². The molecule has 0 amide bonds. The molecule has 1 aromatic rings. The van der Waals surface area contributed by atoms with E-state index >= 15 is 0 Å². The van der Waals surface area contributed by atoms with E-state index in [1.54, 1.807) is 12.4 Å². The van der Waals surface area contributed by atoms with Crippen LogP contribution in [0.4, 0.5) is 0 Å². The summed E-state index contributed by atoms with van der Waals surface area (Å²) in [7, 11) is 0. The fourth-order valence-corrected chi connectivity index (χ4v) is 2.85. The van der Waals surface area contributed by atoms with Crippen molar-refractivity contribution in [1.82, 2.24) is 15.6 Å². The normalized spacial score (nSPS) is 22.1. The Bertz CT molecular complexity index is 675. The largest absolute Gasteiger partial charge is 0.333 e. The van der Waals surface area contributed by atoms with E-state index < -0.39 is 0 Å². The molecule has 1 saturated carbocycles. The number of nitrogens with zero attached hydrogens (tertiary/aromatic N) is 3. The third kappa shape index (κ3) is 3.37. The Morgan fingerprint density at radius 3 is 2.86 bits per heavy atom. The van der Waals surface area contributed by atoms with Crippen molar-refractivity contribution in [3.05, 3.63) is 46.5 Å². The number of guanidine groups is 1. The molecule has 0 bridgehead atoms. The van der Waals surface area contributed by atoms with E-state index in [1.165, 1.54) is 12.8 Å². The summed E-state index contributed by atoms with van der Waals surface area (Å²) in [4.78, 5) is 8.97. The first-order valence-electron chi connectivity index (χ1n) is 7.30. The molecule has 0 aromatic carbocycles. The molecular formula is C16H16BrN5. The van der Waals surface area contributed by atoms with Crippen LogP contribution in [0.3, 0.4) is 0 Å². The minimum absolute atomic E-state index is 0.374. The number of nitriles is 1. The molecule has 0 spiro atoms. The van der Waals surface area contributed by atoms with E-state index in [-0.39, 0.29) is 0 Å². The van der Waals surface area contributed by atoms with Crippen molar-refractivity contribution in [3.8, 4) is 6.07 Å². The Labute approximate surface area is 138 Å². The summed E-state index contributed by atoms with van der Waals surface area (Å²) in [5, 5.41) is 15.8. The predicted octanol–water partition coefficient (Wildman–Crippen LogP) is 3.08. The summed E-state index contributed by atoms with van der Waals surface area (Å²) in [6, 6.07) is 6.30. The molecule has 1 aliphatic carbocycles. The van der Waals surface area contributed by atoms with E-state index in [2.05, 4.69) is 42.6 Å². The first-order valence-corrected chi connectivity index (χ1v) is 8.10. The number of hydrogen-bond acceptors (Lipinski definition) is 3. The van der Waals surface area contributed by atoms with Gasteiger partial charge in [0.15, 0.2) is 5.96 Å². The number of pyridine rings is 1. The highest BCUT2D eigenvalue weighted by atomic mass is 79.9. The zero-order valence-electron chi connectivity index (χ0n) is 12.0. The van der Waals surface area contributed by atoms with Crippen LogP contribution in [-0.2, 0) is 0 Å². The second-order valence-electron chi connectivity index (χ2n) is 5.28. The van der Waals surface area contributed by atoms with Crippen molar-refractivity contribution in [1.29, 1.82) is 5.26 Å². The van der Waals surface area contributed by atoms with Gasteiger partial charge in [-0.3, -0.25) is 4.98 Å². The zero-order chi connectivity index (χ0) is 15.4. The number of aromatic nitrogens is 1. The molecule has 0 radical (unpaired) electrons. The zero-order valence-corrected chi connectivity index (χ0v) is 13.6. The third-order valence-electron chi connectivity index (χ3n) is 3.72. The van der Waals surface area contributed by atoms with Gasteiger partial charge in [0.25, 0.3) is 0 Å². The first-order chi connectivity index (χ1) is 10.8. The molecule has 0 saturated heterocycles. The molecule has 112 valence electrons. The minimum atomic E-state index is 0.374. The van der Waals surface area contributed by atoms with Gasteiger partial charge in [0, 0.05) is 16.9 Å². The number of rotatable bonds is 2. The van der Waals surface area contributed by atoms with E-state index in [9.17, 15) is 5.26 Å². The standard InChI is InChI=1S/C16H16BrN5/c17-11-5-6-14(20-10-11)13(9-18)15-7-8-19-16(22-15)21-12-3-1-2-4-12/h5-8,10,12H,1-4H2,(H2,19,21,22)/b15-13-. The highest BCUT2D eigenvalue weighted by Crippen LogP contribution is 2.22. The summed E-state index contributed by atoms with van der Waals surface area (Å²) < 4.78 is 0.885. The summed E-state index contributed by atoms with van der Waals surface area (Å²) in [5.74, 6) is 0.703. The Hall–Kier alpha value is -2.13. The number of allylic oxidation sites excluding steroid dienone is 2. The summed E-state index contributed by atoms with van der Waals surface area (Å²) in [6.07, 6.45) is 10.1. The van der Waals surface area contributed by atoms with Gasteiger partial charge >= 0.3 is 0 Å². The molecule has 1 aliphatic heterocycles. The van der Waals surface area contributed by atoms with E-state index in [1.807, 2.05) is 18.2 Å². The van der Waals surface area contributed by atoms with Crippen LogP contribution in [-0.4, -0.2) is 17.0 Å². The lowest BCUT2D eigenvalue weighted by Gasteiger charge is -2.18. The average Bonchev–Trinajstić information content (AvgIpc) is 3.03. The summed E-state index contributed by atoms with van der Waals surface area (Å²) >= 11 is 3.35. The van der Waals surface area contributed by atoms with Gasteiger partial charge in [-0.1, -0.05) is 12.8 Å². The molecule has 2 N–H and O–H groups in total. The monoisotopic (exact) mass is 357 g/mol. The van der Waals surface area contributed by atoms with Crippen LogP contribution in [0.2, 0.25) is 0 Å². The maximum atomic E-state index is 9.48. The number of aliphatic imine (C=N–C) groups is 1. The maximum Gasteiger partial charge on any atom is 0.200 e. The average molecular weight is 358 g/mol. The van der Waals surface area contributed by atoms with Crippen molar-refractivity contribution in [2.45, 2.75) is 31.7 Å². The van der Waals surface area contributed by atoms with Crippen LogP contribution >= 0.6 is 15.9 Å². The van der Waals surface area contributed by atoms with Gasteiger partial charge in [-0.15, -0.1) is 0 Å². The highest BCUT2D eigenvalue weighted by Gasteiger charge is 2.17. The molecule has 0 atom stereocenters. The van der Waals surface area contributed by atoms with E-state index in [4.69, 9.17) is 0 Å². The number of hydrogen-bond donors (Lipinski definition) is 2. The highest BCUT2D eigenvalue weighted by molar-refractivity contribution is 9.10. The van der Waals surface area contributed by atoms with Crippen LogP contribution in [0.25, 0.3) is 5.57 Å². The molecule has 1 fully saturated rings. The Morgan fingerprint density at radius 2 is 2.18 bits per heavy atom. The maximum absolute atomic E-state index is 9.48. The van der Waals surface area contributed by atoms with Gasteiger partial charge < -0.3 is 10.6 Å². The van der Waals surface area contributed by atoms with Gasteiger partial charge in [-0.25, -0.2) is 4.99 Å². The lowest BCUT2D eigenvalue weighted by molar-refractivity contribution is 0.696. The van der Waals surface area contributed by atoms with Crippen LogP contribution in [0.15, 0.2) is 45.8 Å².